The molecule has 0 N–H and O–H groups in total. The number of ether oxygens (including phenoxy) is 1. The Kier molecular flexibility index (Phi) is 12.3. The van der Waals surface area contributed by atoms with Crippen LogP contribution in [0.5, 0.6) is 0 Å². The molecule has 0 saturated heterocycles. The predicted octanol–water partition coefficient (Wildman–Crippen LogP) is 5.30. The summed E-state index contributed by atoms with van der Waals surface area (Å²) in [6.45, 7) is 13.4. The van der Waals surface area contributed by atoms with E-state index in [4.69, 9.17) is 4.74 Å². The molecular weight excluding hydrogens is 407 g/mol. The molecule has 0 amide bonds. The zero-order chi connectivity index (χ0) is 23.5. The molecule has 0 spiro atoms. The Bertz CT molecular complexity index is 862. The number of sulfone groups is 1. The zero-order valence-electron chi connectivity index (χ0n) is 19.3. The lowest BCUT2D eigenvalue weighted by atomic mass is 9.98. The van der Waals surface area contributed by atoms with Crippen molar-refractivity contribution in [3.63, 3.8) is 0 Å². The molecule has 8 heteroatoms. The minimum atomic E-state index is -3.69. The highest BCUT2D eigenvalue weighted by molar-refractivity contribution is 7.90. The van der Waals surface area contributed by atoms with E-state index in [1.54, 1.807) is 26.8 Å². The van der Waals surface area contributed by atoms with Crippen LogP contribution in [0.4, 0.5) is 4.39 Å². The van der Waals surface area contributed by atoms with Crippen molar-refractivity contribution >= 4 is 21.4 Å². The fourth-order valence-corrected chi connectivity index (χ4v) is 3.12. The molecule has 1 aromatic heterocycles. The normalized spacial score (nSPS) is 15.8. The molecule has 2 rings (SSSR count). The number of allylic oxidation sites excluding steroid dienone is 4. The number of hydrogen-bond acceptors (Lipinski definition) is 6. The summed E-state index contributed by atoms with van der Waals surface area (Å²) in [7, 11) is -3.69. The largest absolute Gasteiger partial charge is 0.462 e. The molecule has 0 aliphatic heterocycles. The monoisotopic (exact) mass is 442 g/mol. The maximum Gasteiger partial charge on any atom is 0.342 e. The second-order valence-corrected chi connectivity index (χ2v) is 8.28. The van der Waals surface area contributed by atoms with Crippen molar-refractivity contribution in [1.82, 2.24) is 9.97 Å². The van der Waals surface area contributed by atoms with Crippen molar-refractivity contribution in [2.75, 3.05) is 12.9 Å². The highest BCUT2D eigenvalue weighted by atomic mass is 32.2. The zero-order valence-corrected chi connectivity index (χ0v) is 20.1. The van der Waals surface area contributed by atoms with Gasteiger partial charge >= 0.3 is 5.97 Å². The smallest absolute Gasteiger partial charge is 0.342 e. The van der Waals surface area contributed by atoms with Crippen molar-refractivity contribution in [3.05, 3.63) is 35.2 Å². The van der Waals surface area contributed by atoms with Crippen LogP contribution in [0.3, 0.4) is 0 Å². The summed E-state index contributed by atoms with van der Waals surface area (Å²) in [4.78, 5) is 20.8. The van der Waals surface area contributed by atoms with Crippen LogP contribution in [0.2, 0.25) is 0 Å². The minimum Gasteiger partial charge on any atom is -0.462 e. The average molecular weight is 443 g/mol. The van der Waals surface area contributed by atoms with Gasteiger partial charge in [0.15, 0.2) is 0 Å². The number of esters is 1. The summed E-state index contributed by atoms with van der Waals surface area (Å²) < 4.78 is 42.8. The topological polar surface area (TPSA) is 86.2 Å². The van der Waals surface area contributed by atoms with E-state index in [0.29, 0.717) is 24.1 Å². The van der Waals surface area contributed by atoms with Gasteiger partial charge in [-0.05, 0) is 31.3 Å². The molecule has 6 nitrogen and oxygen atoms in total. The maximum atomic E-state index is 13.6. The molecule has 1 aliphatic carbocycles. The Labute approximate surface area is 180 Å². The summed E-state index contributed by atoms with van der Waals surface area (Å²) in [5.74, 6) is -0.859. The Morgan fingerprint density at radius 3 is 2.33 bits per heavy atom. The molecule has 0 aromatic carbocycles. The lowest BCUT2D eigenvalue weighted by Gasteiger charge is -2.16. The van der Waals surface area contributed by atoms with Gasteiger partial charge in [0.1, 0.15) is 11.7 Å². The summed E-state index contributed by atoms with van der Waals surface area (Å²) in [6, 6.07) is 0. The molecule has 30 heavy (non-hydrogen) atoms. The summed E-state index contributed by atoms with van der Waals surface area (Å²) in [6.07, 6.45) is 5.32. The van der Waals surface area contributed by atoms with Crippen molar-refractivity contribution in [2.24, 2.45) is 0 Å². The van der Waals surface area contributed by atoms with E-state index in [-0.39, 0.29) is 28.9 Å². The molecule has 0 saturated carbocycles. The van der Waals surface area contributed by atoms with Gasteiger partial charge in [0, 0.05) is 6.26 Å². The van der Waals surface area contributed by atoms with Crippen molar-refractivity contribution in [1.29, 1.82) is 0 Å². The van der Waals surface area contributed by atoms with E-state index in [0.717, 1.165) is 6.26 Å². The molecule has 1 atom stereocenters. The molecule has 1 unspecified atom stereocenters. The number of halogens is 1. The van der Waals surface area contributed by atoms with Crippen LogP contribution in [0.15, 0.2) is 23.4 Å². The first-order valence-corrected chi connectivity index (χ1v) is 12.4. The Morgan fingerprint density at radius 1 is 1.23 bits per heavy atom. The van der Waals surface area contributed by atoms with E-state index < -0.39 is 22.0 Å². The van der Waals surface area contributed by atoms with Gasteiger partial charge in [0.2, 0.25) is 15.0 Å². The second-order valence-electron chi connectivity index (χ2n) is 6.37. The second kappa shape index (κ2) is 13.3. The Hall–Kier alpha value is -2.09. The third-order valence-corrected chi connectivity index (χ3v) is 4.69. The summed E-state index contributed by atoms with van der Waals surface area (Å²) in [5, 5.41) is -0.361. The van der Waals surface area contributed by atoms with Gasteiger partial charge in [-0.3, -0.25) is 0 Å². The summed E-state index contributed by atoms with van der Waals surface area (Å²) >= 11 is 0. The van der Waals surface area contributed by atoms with Gasteiger partial charge in [-0.2, -0.15) is 0 Å². The van der Waals surface area contributed by atoms with Crippen molar-refractivity contribution in [3.8, 4) is 0 Å². The van der Waals surface area contributed by atoms with Gasteiger partial charge in [-0.1, -0.05) is 59.8 Å². The maximum absolute atomic E-state index is 13.6. The van der Waals surface area contributed by atoms with Gasteiger partial charge in [-0.25, -0.2) is 27.6 Å². The molecular formula is C22H35FN2O4S. The first-order chi connectivity index (χ1) is 14.1. The van der Waals surface area contributed by atoms with Crippen LogP contribution in [0.1, 0.15) is 89.0 Å². The van der Waals surface area contributed by atoms with Gasteiger partial charge in [-0.15, -0.1) is 0 Å². The quantitative estimate of drug-likeness (QED) is 0.454. The first-order valence-electron chi connectivity index (χ1n) is 10.5. The van der Waals surface area contributed by atoms with E-state index in [2.05, 4.69) is 9.97 Å². The molecule has 0 fully saturated rings. The number of hydrogen-bond donors (Lipinski definition) is 0. The Balaban J connectivity index is 0.00000198. The highest BCUT2D eigenvalue weighted by Crippen LogP contribution is 2.29. The van der Waals surface area contributed by atoms with Gasteiger partial charge < -0.3 is 4.74 Å². The third-order valence-electron chi connectivity index (χ3n) is 3.84. The first kappa shape index (κ1) is 27.9. The van der Waals surface area contributed by atoms with Crippen LogP contribution < -0.4 is 0 Å². The van der Waals surface area contributed by atoms with E-state index >= 15 is 0 Å². The predicted molar refractivity (Wildman–Crippen MR) is 119 cm³/mol. The van der Waals surface area contributed by atoms with Gasteiger partial charge in [0.25, 0.3) is 0 Å². The lowest BCUT2D eigenvalue weighted by molar-refractivity contribution is 0.0522. The molecule has 1 heterocycles. The van der Waals surface area contributed by atoms with Crippen LogP contribution in [-0.2, 0) is 14.6 Å². The minimum absolute atomic E-state index is 0.127. The number of aromatic nitrogens is 2. The number of alkyl halides is 1. The number of rotatable bonds is 5. The van der Waals surface area contributed by atoms with E-state index in [1.165, 1.54) is 12.2 Å². The van der Waals surface area contributed by atoms with E-state index in [9.17, 15) is 17.6 Å². The van der Waals surface area contributed by atoms with E-state index in [1.807, 2.05) is 27.7 Å². The highest BCUT2D eigenvalue weighted by Gasteiger charge is 2.28. The lowest BCUT2D eigenvalue weighted by Crippen LogP contribution is -2.19. The van der Waals surface area contributed by atoms with Crippen LogP contribution in [0.25, 0.3) is 5.57 Å². The number of carbonyl (C=O) groups excluding carboxylic acids is 1. The number of carbonyl (C=O) groups is 1. The Morgan fingerprint density at radius 2 is 1.83 bits per heavy atom. The number of nitrogens with zero attached hydrogens (tertiary/aromatic N) is 2. The van der Waals surface area contributed by atoms with Crippen molar-refractivity contribution in [2.45, 2.75) is 78.6 Å². The SMILES string of the molecule is CC.CC.CCOC(=O)c1c(C2=CCCC(F)C=C2)nc(S(C)(=O)=O)nc1C(C)C. The van der Waals surface area contributed by atoms with Crippen LogP contribution in [-0.4, -0.2) is 43.4 Å². The summed E-state index contributed by atoms with van der Waals surface area (Å²) in [5.41, 5.74) is 1.07. The fourth-order valence-electron chi connectivity index (χ4n) is 2.60. The molecule has 1 aromatic rings. The van der Waals surface area contributed by atoms with Crippen LogP contribution >= 0.6 is 0 Å². The fraction of sp³-hybridized carbons (Fsp3) is 0.591. The third kappa shape index (κ3) is 7.63. The molecule has 1 aliphatic rings. The van der Waals surface area contributed by atoms with Crippen molar-refractivity contribution < 1.29 is 22.3 Å². The molecule has 0 radical (unpaired) electrons. The molecule has 170 valence electrons. The molecule has 0 bridgehead atoms. The average Bonchev–Trinajstić information content (AvgIpc) is 2.94. The van der Waals surface area contributed by atoms with Gasteiger partial charge in [0.05, 0.1) is 18.0 Å². The standard InChI is InChI=1S/C18H23FN2O4S.2C2H6/c1-5-25-17(22)14-15(11(2)3)20-18(26(4,23)24)21-16(14)12-7-6-8-13(19)10-9-12;2*1-2/h7,9-11,13H,5-6,8H2,1-4H3;2*1-2H3. The van der Waals surface area contributed by atoms with Crippen LogP contribution in [0, 0.1) is 0 Å².